The van der Waals surface area contributed by atoms with E-state index in [2.05, 4.69) is 5.32 Å². The van der Waals surface area contributed by atoms with Gasteiger partial charge in [-0.1, -0.05) is 20.8 Å². The molecule has 0 aromatic heterocycles. The first kappa shape index (κ1) is 16.3. The summed E-state index contributed by atoms with van der Waals surface area (Å²) in [5, 5.41) is 2.47. The standard InChI is InChI=1S/C17H17FN2O4/c1-17(2,3)10-4-8-9(5-11(10)18)16(24)20(15(8)23)12-7-19-14(22)6-13(12)21/h4-5,12H,6-7H2,1-3H3,(H,19,22)/t12-/m1/s1. The molecule has 0 spiro atoms. The molecule has 3 rings (SSSR count). The number of imide groups is 1. The van der Waals surface area contributed by atoms with Crippen LogP contribution >= 0.6 is 0 Å². The van der Waals surface area contributed by atoms with E-state index in [1.165, 1.54) is 6.07 Å². The molecule has 0 saturated carbocycles. The first-order valence-electron chi connectivity index (χ1n) is 7.62. The molecule has 0 aliphatic carbocycles. The number of halogens is 1. The van der Waals surface area contributed by atoms with E-state index in [1.807, 2.05) is 0 Å². The maximum absolute atomic E-state index is 14.3. The van der Waals surface area contributed by atoms with E-state index in [4.69, 9.17) is 0 Å². The third kappa shape index (κ3) is 2.40. The first-order valence-corrected chi connectivity index (χ1v) is 7.62. The fourth-order valence-electron chi connectivity index (χ4n) is 3.03. The molecule has 1 aromatic carbocycles. The van der Waals surface area contributed by atoms with Crippen LogP contribution in [0.3, 0.4) is 0 Å². The quantitative estimate of drug-likeness (QED) is 0.618. The van der Waals surface area contributed by atoms with Crippen LogP contribution in [0.5, 0.6) is 0 Å². The molecule has 2 aliphatic heterocycles. The summed E-state index contributed by atoms with van der Waals surface area (Å²) in [5.41, 5.74) is -0.163. The van der Waals surface area contributed by atoms with Crippen molar-refractivity contribution in [2.75, 3.05) is 6.54 Å². The van der Waals surface area contributed by atoms with Crippen LogP contribution in [0.2, 0.25) is 0 Å². The Morgan fingerprint density at radius 1 is 1.08 bits per heavy atom. The molecule has 3 amide bonds. The van der Waals surface area contributed by atoms with Gasteiger partial charge in [-0.25, -0.2) is 4.39 Å². The van der Waals surface area contributed by atoms with E-state index < -0.39 is 40.8 Å². The molecule has 6 nitrogen and oxygen atoms in total. The van der Waals surface area contributed by atoms with Crippen LogP contribution in [-0.2, 0) is 15.0 Å². The van der Waals surface area contributed by atoms with Gasteiger partial charge in [-0.3, -0.25) is 24.1 Å². The maximum atomic E-state index is 14.3. The number of benzene rings is 1. The molecule has 24 heavy (non-hydrogen) atoms. The molecule has 2 heterocycles. The Morgan fingerprint density at radius 3 is 2.21 bits per heavy atom. The number of amides is 3. The predicted octanol–water partition coefficient (Wildman–Crippen LogP) is 1.18. The molecular formula is C17H17FN2O4. The number of carbonyl (C=O) groups excluding carboxylic acids is 4. The molecule has 1 fully saturated rings. The van der Waals surface area contributed by atoms with Crippen LogP contribution in [-0.4, -0.2) is 41.0 Å². The fourth-order valence-corrected chi connectivity index (χ4v) is 3.03. The van der Waals surface area contributed by atoms with Crippen LogP contribution in [0.25, 0.3) is 0 Å². The normalized spacial score (nSPS) is 21.2. The second-order valence-corrected chi connectivity index (χ2v) is 7.07. The van der Waals surface area contributed by atoms with Gasteiger partial charge in [-0.2, -0.15) is 0 Å². The minimum absolute atomic E-state index is 0.0461. The summed E-state index contributed by atoms with van der Waals surface area (Å²) in [6.07, 6.45) is -0.375. The Bertz CT molecular complexity index is 795. The van der Waals surface area contributed by atoms with Crippen molar-refractivity contribution < 1.29 is 23.6 Å². The smallest absolute Gasteiger partial charge is 0.262 e. The van der Waals surface area contributed by atoms with Gasteiger partial charge in [-0.05, 0) is 23.1 Å². The summed E-state index contributed by atoms with van der Waals surface area (Å²) < 4.78 is 14.3. The van der Waals surface area contributed by atoms with Gasteiger partial charge < -0.3 is 5.32 Å². The molecular weight excluding hydrogens is 315 g/mol. The average molecular weight is 332 g/mol. The Morgan fingerprint density at radius 2 is 1.67 bits per heavy atom. The topological polar surface area (TPSA) is 83.6 Å². The molecule has 2 aliphatic rings. The first-order chi connectivity index (χ1) is 11.1. The Hall–Kier alpha value is -2.57. The lowest BCUT2D eigenvalue weighted by Crippen LogP contribution is -2.55. The van der Waals surface area contributed by atoms with E-state index in [9.17, 15) is 23.6 Å². The number of carbonyl (C=O) groups is 4. The zero-order valence-corrected chi connectivity index (χ0v) is 13.6. The fraction of sp³-hybridized carbons (Fsp3) is 0.412. The zero-order valence-electron chi connectivity index (χ0n) is 13.6. The summed E-state index contributed by atoms with van der Waals surface area (Å²) >= 11 is 0. The molecule has 1 N–H and O–H groups in total. The van der Waals surface area contributed by atoms with Crippen LogP contribution in [0, 0.1) is 5.82 Å². The number of piperidine rings is 1. The van der Waals surface area contributed by atoms with Crippen LogP contribution in [0.1, 0.15) is 53.5 Å². The summed E-state index contributed by atoms with van der Waals surface area (Å²) in [5.74, 6) is -2.83. The van der Waals surface area contributed by atoms with Crippen molar-refractivity contribution in [3.05, 3.63) is 34.6 Å². The highest BCUT2D eigenvalue weighted by molar-refractivity contribution is 6.23. The third-order valence-corrected chi connectivity index (χ3v) is 4.32. The number of rotatable bonds is 1. The van der Waals surface area contributed by atoms with Crippen LogP contribution in [0.15, 0.2) is 12.1 Å². The van der Waals surface area contributed by atoms with Gasteiger partial charge in [0.15, 0.2) is 5.78 Å². The Labute approximate surface area is 138 Å². The van der Waals surface area contributed by atoms with Gasteiger partial charge >= 0.3 is 0 Å². The zero-order chi connectivity index (χ0) is 17.8. The SMILES string of the molecule is CC(C)(C)c1cc2c(cc1F)C(=O)N([C@@H]1CNC(=O)CC1=O)C2=O. The van der Waals surface area contributed by atoms with Crippen molar-refractivity contribution in [1.29, 1.82) is 0 Å². The lowest BCUT2D eigenvalue weighted by molar-refractivity contribution is -0.133. The van der Waals surface area contributed by atoms with Gasteiger partial charge in [0, 0.05) is 6.54 Å². The summed E-state index contributed by atoms with van der Waals surface area (Å²) in [6.45, 7) is 5.29. The highest BCUT2D eigenvalue weighted by Gasteiger charge is 2.45. The van der Waals surface area contributed by atoms with Crippen molar-refractivity contribution in [3.8, 4) is 0 Å². The van der Waals surface area contributed by atoms with Crippen molar-refractivity contribution >= 4 is 23.5 Å². The number of hydrogen-bond donors (Lipinski definition) is 1. The summed E-state index contributed by atoms with van der Waals surface area (Å²) in [6, 6.07) is 1.40. The maximum Gasteiger partial charge on any atom is 0.262 e. The largest absolute Gasteiger partial charge is 0.353 e. The number of fused-ring (bicyclic) bond motifs is 1. The monoisotopic (exact) mass is 332 g/mol. The second kappa shape index (κ2) is 5.22. The van der Waals surface area contributed by atoms with Gasteiger partial charge in [0.2, 0.25) is 5.91 Å². The van der Waals surface area contributed by atoms with E-state index >= 15 is 0 Å². The van der Waals surface area contributed by atoms with Crippen LogP contribution < -0.4 is 5.32 Å². The summed E-state index contributed by atoms with van der Waals surface area (Å²) in [7, 11) is 0. The Kier molecular flexibility index (Phi) is 3.55. The van der Waals surface area contributed by atoms with Crippen molar-refractivity contribution in [2.45, 2.75) is 38.6 Å². The van der Waals surface area contributed by atoms with Crippen molar-refractivity contribution in [1.82, 2.24) is 10.2 Å². The molecule has 0 bridgehead atoms. The number of Topliss-reactive ketones (excluding diaryl/α,β-unsaturated/α-hetero) is 1. The number of hydrogen-bond acceptors (Lipinski definition) is 4. The van der Waals surface area contributed by atoms with Crippen molar-refractivity contribution in [2.24, 2.45) is 0 Å². The van der Waals surface area contributed by atoms with Gasteiger partial charge in [0.25, 0.3) is 11.8 Å². The number of ketones is 1. The molecule has 0 unspecified atom stereocenters. The highest BCUT2D eigenvalue weighted by Crippen LogP contribution is 2.33. The third-order valence-electron chi connectivity index (χ3n) is 4.32. The van der Waals surface area contributed by atoms with E-state index in [-0.39, 0.29) is 24.1 Å². The molecule has 0 radical (unpaired) electrons. The van der Waals surface area contributed by atoms with E-state index in [0.29, 0.717) is 5.56 Å². The minimum atomic E-state index is -1.05. The van der Waals surface area contributed by atoms with E-state index in [0.717, 1.165) is 11.0 Å². The second-order valence-electron chi connectivity index (χ2n) is 7.07. The molecule has 7 heteroatoms. The number of nitrogens with zero attached hydrogens (tertiary/aromatic N) is 1. The molecule has 1 atom stereocenters. The molecule has 1 aromatic rings. The average Bonchev–Trinajstić information content (AvgIpc) is 2.69. The van der Waals surface area contributed by atoms with Gasteiger partial charge in [-0.15, -0.1) is 0 Å². The van der Waals surface area contributed by atoms with Crippen LogP contribution in [0.4, 0.5) is 4.39 Å². The van der Waals surface area contributed by atoms with Gasteiger partial charge in [0.05, 0.1) is 17.5 Å². The summed E-state index contributed by atoms with van der Waals surface area (Å²) in [4.78, 5) is 49.3. The molecule has 1 saturated heterocycles. The lowest BCUT2D eigenvalue weighted by atomic mass is 9.85. The van der Waals surface area contributed by atoms with Gasteiger partial charge in [0.1, 0.15) is 11.9 Å². The predicted molar refractivity (Wildman–Crippen MR) is 82.0 cm³/mol. The van der Waals surface area contributed by atoms with Crippen molar-refractivity contribution in [3.63, 3.8) is 0 Å². The molecule has 126 valence electrons. The Balaban J connectivity index is 2.03. The highest BCUT2D eigenvalue weighted by atomic mass is 19.1. The number of nitrogens with one attached hydrogen (secondary N) is 1. The minimum Gasteiger partial charge on any atom is -0.353 e. The van der Waals surface area contributed by atoms with E-state index in [1.54, 1.807) is 20.8 Å². The lowest BCUT2D eigenvalue weighted by Gasteiger charge is -2.28.